The summed E-state index contributed by atoms with van der Waals surface area (Å²) < 4.78 is 4.87. The zero-order chi connectivity index (χ0) is 16.8. The standard InChI is InChI=1S/C12H10N8O3/c1-8-6-9(18-23-8)17-11-10(20(21)22)12(16-7-15-11)19(4-2-13)5-3-14/h6-7H,4-5H2,1H3,(H,15,16,17,18). The first-order valence-electron chi connectivity index (χ1n) is 6.25. The van der Waals surface area contributed by atoms with Crippen molar-refractivity contribution in [2.45, 2.75) is 6.92 Å². The molecule has 116 valence electrons. The predicted molar refractivity (Wildman–Crippen MR) is 76.6 cm³/mol. The van der Waals surface area contributed by atoms with E-state index in [1.165, 1.54) is 11.0 Å². The number of aromatic nitrogens is 3. The number of rotatable bonds is 6. The molecule has 0 bridgehead atoms. The Labute approximate surface area is 129 Å². The van der Waals surface area contributed by atoms with Crippen molar-refractivity contribution >= 4 is 23.1 Å². The van der Waals surface area contributed by atoms with Crippen LogP contribution in [-0.4, -0.2) is 33.1 Å². The van der Waals surface area contributed by atoms with Gasteiger partial charge in [-0.1, -0.05) is 5.16 Å². The molecule has 2 aromatic heterocycles. The van der Waals surface area contributed by atoms with E-state index in [0.29, 0.717) is 5.76 Å². The van der Waals surface area contributed by atoms with Gasteiger partial charge in [0, 0.05) is 6.07 Å². The summed E-state index contributed by atoms with van der Waals surface area (Å²) in [6.45, 7) is 1.21. The molecule has 0 fully saturated rings. The second-order valence-corrected chi connectivity index (χ2v) is 4.27. The molecule has 0 unspecified atom stereocenters. The highest BCUT2D eigenvalue weighted by Crippen LogP contribution is 2.33. The molecule has 23 heavy (non-hydrogen) atoms. The summed E-state index contributed by atoms with van der Waals surface area (Å²) >= 11 is 0. The van der Waals surface area contributed by atoms with Gasteiger partial charge in [-0.25, -0.2) is 9.97 Å². The average molecular weight is 314 g/mol. The first-order chi connectivity index (χ1) is 11.1. The molecule has 0 aliphatic rings. The monoisotopic (exact) mass is 314 g/mol. The van der Waals surface area contributed by atoms with Gasteiger partial charge in [0.2, 0.25) is 11.6 Å². The van der Waals surface area contributed by atoms with Crippen molar-refractivity contribution in [1.29, 1.82) is 10.5 Å². The molecule has 0 spiro atoms. The van der Waals surface area contributed by atoms with E-state index in [-0.39, 0.29) is 30.5 Å². The number of aryl methyl sites for hydroxylation is 1. The van der Waals surface area contributed by atoms with Crippen LogP contribution in [0.5, 0.6) is 0 Å². The Bertz CT molecular complexity index is 787. The number of nitriles is 2. The van der Waals surface area contributed by atoms with Crippen molar-refractivity contribution in [3.05, 3.63) is 28.3 Å². The summed E-state index contributed by atoms with van der Waals surface area (Å²) in [5.74, 6) is 0.507. The molecule has 0 saturated carbocycles. The van der Waals surface area contributed by atoms with Crippen LogP contribution >= 0.6 is 0 Å². The van der Waals surface area contributed by atoms with Crippen LogP contribution in [0.25, 0.3) is 0 Å². The third-order valence-electron chi connectivity index (χ3n) is 2.68. The molecule has 2 rings (SSSR count). The molecular formula is C12H10N8O3. The van der Waals surface area contributed by atoms with Gasteiger partial charge in [-0.05, 0) is 6.92 Å². The lowest BCUT2D eigenvalue weighted by atomic mass is 10.3. The maximum Gasteiger partial charge on any atom is 0.353 e. The van der Waals surface area contributed by atoms with Crippen molar-refractivity contribution < 1.29 is 9.45 Å². The molecule has 2 heterocycles. The third kappa shape index (κ3) is 3.48. The van der Waals surface area contributed by atoms with E-state index >= 15 is 0 Å². The smallest absolute Gasteiger partial charge is 0.353 e. The maximum atomic E-state index is 11.4. The average Bonchev–Trinajstić information content (AvgIpc) is 2.91. The zero-order valence-electron chi connectivity index (χ0n) is 11.9. The summed E-state index contributed by atoms with van der Waals surface area (Å²) in [4.78, 5) is 19.6. The van der Waals surface area contributed by atoms with Crippen LogP contribution < -0.4 is 10.2 Å². The number of nitrogens with zero attached hydrogens (tertiary/aromatic N) is 7. The minimum absolute atomic E-state index is 0.117. The fourth-order valence-corrected chi connectivity index (χ4v) is 1.78. The Morgan fingerprint density at radius 1 is 1.39 bits per heavy atom. The summed E-state index contributed by atoms with van der Waals surface area (Å²) in [6.07, 6.45) is 1.10. The molecule has 11 heteroatoms. The van der Waals surface area contributed by atoms with Crippen LogP contribution in [0.15, 0.2) is 16.9 Å². The molecule has 0 aliphatic heterocycles. The minimum atomic E-state index is -0.688. The number of nitro groups is 1. The fourth-order valence-electron chi connectivity index (χ4n) is 1.78. The van der Waals surface area contributed by atoms with Crippen LogP contribution in [0.2, 0.25) is 0 Å². The first-order valence-corrected chi connectivity index (χ1v) is 6.25. The molecule has 0 saturated heterocycles. The van der Waals surface area contributed by atoms with Gasteiger partial charge in [0.25, 0.3) is 0 Å². The molecule has 11 nitrogen and oxygen atoms in total. The quantitative estimate of drug-likeness (QED) is 0.467. The highest BCUT2D eigenvalue weighted by molar-refractivity contribution is 5.73. The van der Waals surface area contributed by atoms with Crippen molar-refractivity contribution in [2.24, 2.45) is 0 Å². The topological polar surface area (TPSA) is 158 Å². The van der Waals surface area contributed by atoms with E-state index in [9.17, 15) is 10.1 Å². The van der Waals surface area contributed by atoms with Gasteiger partial charge in [0.1, 0.15) is 25.2 Å². The highest BCUT2D eigenvalue weighted by Gasteiger charge is 2.27. The largest absolute Gasteiger partial charge is 0.360 e. The summed E-state index contributed by atoms with van der Waals surface area (Å²) in [5.41, 5.74) is -0.460. The van der Waals surface area contributed by atoms with E-state index in [0.717, 1.165) is 6.33 Å². The van der Waals surface area contributed by atoms with Crippen LogP contribution in [0.4, 0.5) is 23.1 Å². The number of hydrogen-bond donors (Lipinski definition) is 1. The van der Waals surface area contributed by atoms with Crippen LogP contribution in [0.1, 0.15) is 5.76 Å². The maximum absolute atomic E-state index is 11.4. The molecular weight excluding hydrogens is 304 g/mol. The summed E-state index contributed by atoms with van der Waals surface area (Å²) in [6, 6.07) is 5.20. The normalized spacial score (nSPS) is 9.70. The van der Waals surface area contributed by atoms with E-state index in [1.807, 2.05) is 12.1 Å². The van der Waals surface area contributed by atoms with Crippen molar-refractivity contribution in [3.8, 4) is 12.1 Å². The van der Waals surface area contributed by atoms with Gasteiger partial charge < -0.3 is 14.7 Å². The second kappa shape index (κ2) is 6.82. The highest BCUT2D eigenvalue weighted by atomic mass is 16.6. The molecule has 0 amide bonds. The van der Waals surface area contributed by atoms with Gasteiger partial charge in [-0.3, -0.25) is 10.1 Å². The minimum Gasteiger partial charge on any atom is -0.360 e. The molecule has 1 N–H and O–H groups in total. The van der Waals surface area contributed by atoms with E-state index in [1.54, 1.807) is 6.92 Å². The number of anilines is 3. The Hall–Kier alpha value is -3.73. The molecule has 2 aromatic rings. The second-order valence-electron chi connectivity index (χ2n) is 4.27. The van der Waals surface area contributed by atoms with Gasteiger partial charge >= 0.3 is 5.69 Å². The Balaban J connectivity index is 2.48. The van der Waals surface area contributed by atoms with Crippen molar-refractivity contribution in [3.63, 3.8) is 0 Å². The SMILES string of the molecule is Cc1cc(Nc2ncnc(N(CC#N)CC#N)c2[N+](=O)[O-])no1. The van der Waals surface area contributed by atoms with Crippen LogP contribution in [0.3, 0.4) is 0 Å². The summed E-state index contributed by atoms with van der Waals surface area (Å²) in [7, 11) is 0. The third-order valence-corrected chi connectivity index (χ3v) is 2.68. The van der Waals surface area contributed by atoms with Gasteiger partial charge in [-0.15, -0.1) is 0 Å². The fraction of sp³-hybridized carbons (Fsp3) is 0.250. The molecule has 0 radical (unpaired) electrons. The van der Waals surface area contributed by atoms with E-state index in [2.05, 4.69) is 20.4 Å². The van der Waals surface area contributed by atoms with Crippen molar-refractivity contribution in [1.82, 2.24) is 15.1 Å². The lowest BCUT2D eigenvalue weighted by Gasteiger charge is -2.17. The molecule has 0 atom stereocenters. The Morgan fingerprint density at radius 2 is 2.09 bits per heavy atom. The Morgan fingerprint density at radius 3 is 2.61 bits per heavy atom. The first kappa shape index (κ1) is 15.7. The zero-order valence-corrected chi connectivity index (χ0v) is 11.9. The number of hydrogen-bond acceptors (Lipinski definition) is 10. The van der Waals surface area contributed by atoms with E-state index in [4.69, 9.17) is 15.0 Å². The van der Waals surface area contributed by atoms with Gasteiger partial charge in [0.15, 0.2) is 5.82 Å². The van der Waals surface area contributed by atoms with Crippen LogP contribution in [-0.2, 0) is 0 Å². The molecule has 0 aromatic carbocycles. The van der Waals surface area contributed by atoms with Crippen LogP contribution in [0, 0.1) is 39.7 Å². The summed E-state index contributed by atoms with van der Waals surface area (Å²) in [5, 5.41) is 35.4. The van der Waals surface area contributed by atoms with Gasteiger partial charge in [-0.2, -0.15) is 10.5 Å². The predicted octanol–water partition coefficient (Wildman–Crippen LogP) is 1.28. The lowest BCUT2D eigenvalue weighted by molar-refractivity contribution is -0.383. The molecule has 0 aliphatic carbocycles. The van der Waals surface area contributed by atoms with Crippen molar-refractivity contribution in [2.75, 3.05) is 23.3 Å². The Kier molecular flexibility index (Phi) is 4.64. The number of nitrogens with one attached hydrogen (secondary N) is 1. The van der Waals surface area contributed by atoms with E-state index < -0.39 is 10.6 Å². The lowest BCUT2D eigenvalue weighted by Crippen LogP contribution is -2.26. The van der Waals surface area contributed by atoms with Gasteiger partial charge in [0.05, 0.1) is 17.1 Å².